The molecule has 2 heterocycles. The highest BCUT2D eigenvalue weighted by Gasteiger charge is 2.52. The predicted molar refractivity (Wildman–Crippen MR) is 94.2 cm³/mol. The average molecular weight is 339 g/mol. The maximum absolute atomic E-state index is 12.4. The number of aryl methyl sites for hydroxylation is 1. The number of amides is 1. The third-order valence-corrected chi connectivity index (χ3v) is 6.54. The summed E-state index contributed by atoms with van der Waals surface area (Å²) in [4.78, 5) is 12.4. The van der Waals surface area contributed by atoms with Crippen molar-refractivity contribution in [2.24, 2.45) is 17.8 Å². The number of rotatable bonds is 4. The zero-order valence-electron chi connectivity index (χ0n) is 14.7. The van der Waals surface area contributed by atoms with Gasteiger partial charge in [-0.3, -0.25) is 14.2 Å². The van der Waals surface area contributed by atoms with Gasteiger partial charge in [0.15, 0.2) is 5.82 Å². The lowest BCUT2D eigenvalue weighted by molar-refractivity contribution is -0.0492. The molecule has 6 heteroatoms. The van der Waals surface area contributed by atoms with Crippen molar-refractivity contribution in [2.75, 3.05) is 5.32 Å². The van der Waals surface area contributed by atoms with E-state index in [0.29, 0.717) is 11.4 Å². The van der Waals surface area contributed by atoms with E-state index in [1.807, 2.05) is 13.0 Å². The molecule has 1 amide bonds. The summed E-state index contributed by atoms with van der Waals surface area (Å²) in [5, 5.41) is 11.8. The lowest BCUT2D eigenvalue weighted by Crippen LogP contribution is -2.52. The van der Waals surface area contributed by atoms with Crippen LogP contribution in [0, 0.1) is 17.8 Å². The van der Waals surface area contributed by atoms with Gasteiger partial charge in [0.2, 0.25) is 0 Å². The molecule has 6 rings (SSSR count). The van der Waals surface area contributed by atoms with Crippen LogP contribution in [-0.2, 0) is 12.1 Å². The van der Waals surface area contributed by atoms with Gasteiger partial charge in [0.25, 0.3) is 5.91 Å². The maximum atomic E-state index is 12.4. The van der Waals surface area contributed by atoms with Crippen LogP contribution in [0.1, 0.15) is 55.8 Å². The van der Waals surface area contributed by atoms with E-state index in [1.54, 1.807) is 17.1 Å². The first kappa shape index (κ1) is 15.2. The van der Waals surface area contributed by atoms with Gasteiger partial charge >= 0.3 is 0 Å². The number of hydrogen-bond acceptors (Lipinski definition) is 3. The minimum atomic E-state index is -0.143. The van der Waals surface area contributed by atoms with Crippen molar-refractivity contribution in [1.82, 2.24) is 19.6 Å². The van der Waals surface area contributed by atoms with Crippen LogP contribution < -0.4 is 5.32 Å². The molecule has 4 bridgehead atoms. The Morgan fingerprint density at radius 1 is 1.24 bits per heavy atom. The number of nitrogens with zero attached hydrogens (tertiary/aromatic N) is 4. The first-order valence-electron chi connectivity index (χ1n) is 9.53. The van der Waals surface area contributed by atoms with Gasteiger partial charge in [0, 0.05) is 25.0 Å². The minimum absolute atomic E-state index is 0.143. The van der Waals surface area contributed by atoms with Crippen LogP contribution in [0.3, 0.4) is 0 Å². The highest BCUT2D eigenvalue weighted by molar-refractivity contribution is 6.03. The third kappa shape index (κ3) is 2.50. The van der Waals surface area contributed by atoms with E-state index in [4.69, 9.17) is 5.10 Å². The maximum Gasteiger partial charge on any atom is 0.260 e. The minimum Gasteiger partial charge on any atom is -0.305 e. The summed E-state index contributed by atoms with van der Waals surface area (Å²) in [7, 11) is 0. The molecule has 4 saturated carbocycles. The Morgan fingerprint density at radius 2 is 1.92 bits per heavy atom. The summed E-state index contributed by atoms with van der Waals surface area (Å²) in [5.41, 5.74) is 0.774. The van der Waals surface area contributed by atoms with E-state index in [-0.39, 0.29) is 11.4 Å². The quantitative estimate of drug-likeness (QED) is 0.930. The molecule has 0 unspecified atom stereocenters. The zero-order chi connectivity index (χ0) is 17.0. The van der Waals surface area contributed by atoms with Crippen molar-refractivity contribution >= 4 is 11.7 Å². The average Bonchev–Trinajstić information content (AvgIpc) is 3.23. The summed E-state index contributed by atoms with van der Waals surface area (Å²) < 4.78 is 3.92. The molecule has 2 aromatic heterocycles. The molecule has 0 aliphatic heterocycles. The molecule has 0 saturated heterocycles. The van der Waals surface area contributed by atoms with E-state index in [0.717, 1.165) is 24.3 Å². The van der Waals surface area contributed by atoms with Crippen LogP contribution >= 0.6 is 0 Å². The van der Waals surface area contributed by atoms with Crippen molar-refractivity contribution in [3.05, 3.63) is 30.2 Å². The van der Waals surface area contributed by atoms with Crippen LogP contribution in [-0.4, -0.2) is 25.5 Å². The molecule has 4 fully saturated rings. The largest absolute Gasteiger partial charge is 0.305 e. The predicted octanol–water partition coefficient (Wildman–Crippen LogP) is 3.28. The Labute approximate surface area is 147 Å². The second-order valence-electron chi connectivity index (χ2n) is 8.33. The highest BCUT2D eigenvalue weighted by Crippen LogP contribution is 2.58. The topological polar surface area (TPSA) is 64.7 Å². The molecule has 0 atom stereocenters. The van der Waals surface area contributed by atoms with Gasteiger partial charge in [-0.25, -0.2) is 0 Å². The Morgan fingerprint density at radius 3 is 2.52 bits per heavy atom. The fourth-order valence-corrected chi connectivity index (χ4v) is 5.84. The van der Waals surface area contributed by atoms with Crippen molar-refractivity contribution in [1.29, 1.82) is 0 Å². The Bertz CT molecular complexity index is 769. The third-order valence-electron chi connectivity index (χ3n) is 6.54. The van der Waals surface area contributed by atoms with Crippen molar-refractivity contribution in [2.45, 2.75) is 57.5 Å². The second kappa shape index (κ2) is 5.44. The Hall–Kier alpha value is -2.11. The van der Waals surface area contributed by atoms with E-state index in [9.17, 15) is 4.79 Å². The highest BCUT2D eigenvalue weighted by atomic mass is 16.1. The number of anilines is 1. The Balaban J connectivity index is 1.34. The number of hydrogen-bond donors (Lipinski definition) is 1. The normalized spacial score (nSPS) is 32.9. The summed E-state index contributed by atoms with van der Waals surface area (Å²) in [5.74, 6) is 3.15. The fraction of sp³-hybridized carbons (Fsp3) is 0.632. The van der Waals surface area contributed by atoms with Gasteiger partial charge in [-0.15, -0.1) is 0 Å². The number of carbonyl (C=O) groups excluding carboxylic acids is 1. The van der Waals surface area contributed by atoms with Crippen molar-refractivity contribution in [3.63, 3.8) is 0 Å². The summed E-state index contributed by atoms with van der Waals surface area (Å²) in [6, 6.07) is 1.93. The molecule has 0 aromatic carbocycles. The molecule has 4 aliphatic rings. The molecular weight excluding hydrogens is 314 g/mol. The second-order valence-corrected chi connectivity index (χ2v) is 8.33. The smallest absolute Gasteiger partial charge is 0.260 e. The van der Waals surface area contributed by atoms with Gasteiger partial charge in [0.1, 0.15) is 0 Å². The van der Waals surface area contributed by atoms with Gasteiger partial charge in [-0.1, -0.05) is 0 Å². The summed E-state index contributed by atoms with van der Waals surface area (Å²) in [6.07, 6.45) is 13.5. The zero-order valence-corrected chi connectivity index (χ0v) is 14.7. The standard InChI is InChI=1S/C19H25N5O/c1-2-23-12-16(11-20-23)18(25)21-17-3-4-24(22-17)19-8-13-5-14(9-19)7-15(6-13)10-19/h3-4,11-15H,2,5-10H2,1H3,(H,21,22,25). The lowest BCUT2D eigenvalue weighted by atomic mass is 9.53. The lowest BCUT2D eigenvalue weighted by Gasteiger charge is -2.56. The van der Waals surface area contributed by atoms with Gasteiger partial charge in [-0.05, 0) is 63.2 Å². The summed E-state index contributed by atoms with van der Waals surface area (Å²) >= 11 is 0. The molecule has 1 N–H and O–H groups in total. The van der Waals surface area contributed by atoms with E-state index >= 15 is 0 Å². The van der Waals surface area contributed by atoms with Gasteiger partial charge < -0.3 is 5.32 Å². The van der Waals surface area contributed by atoms with Crippen LogP contribution in [0.5, 0.6) is 0 Å². The molecular formula is C19H25N5O. The molecule has 25 heavy (non-hydrogen) atoms. The van der Waals surface area contributed by atoms with Crippen molar-refractivity contribution in [3.8, 4) is 0 Å². The molecule has 6 nitrogen and oxygen atoms in total. The van der Waals surface area contributed by atoms with Gasteiger partial charge in [-0.2, -0.15) is 10.2 Å². The van der Waals surface area contributed by atoms with Crippen LogP contribution in [0.2, 0.25) is 0 Å². The van der Waals surface area contributed by atoms with E-state index in [2.05, 4.69) is 21.3 Å². The summed E-state index contributed by atoms with van der Waals surface area (Å²) in [6.45, 7) is 2.76. The van der Waals surface area contributed by atoms with Crippen LogP contribution in [0.15, 0.2) is 24.7 Å². The number of aromatic nitrogens is 4. The first-order chi connectivity index (χ1) is 12.1. The van der Waals surface area contributed by atoms with E-state index in [1.165, 1.54) is 38.5 Å². The molecule has 0 radical (unpaired) electrons. The van der Waals surface area contributed by atoms with Crippen molar-refractivity contribution < 1.29 is 4.79 Å². The molecule has 0 spiro atoms. The first-order valence-corrected chi connectivity index (χ1v) is 9.53. The Kier molecular flexibility index (Phi) is 3.30. The molecule has 2 aromatic rings. The van der Waals surface area contributed by atoms with E-state index < -0.39 is 0 Å². The number of carbonyl (C=O) groups is 1. The monoisotopic (exact) mass is 339 g/mol. The molecule has 4 aliphatic carbocycles. The number of nitrogens with one attached hydrogen (secondary N) is 1. The van der Waals surface area contributed by atoms with Crippen LogP contribution in [0.4, 0.5) is 5.82 Å². The molecule has 132 valence electrons. The van der Waals surface area contributed by atoms with Gasteiger partial charge in [0.05, 0.1) is 17.3 Å². The van der Waals surface area contributed by atoms with Crippen LogP contribution in [0.25, 0.3) is 0 Å². The fourth-order valence-electron chi connectivity index (χ4n) is 5.84. The SMILES string of the molecule is CCn1cc(C(=O)Nc2ccn(C34CC5CC(CC(C5)C3)C4)n2)cn1.